The lowest BCUT2D eigenvalue weighted by atomic mass is 10.1. The maximum Gasteiger partial charge on any atom is 0.263 e. The molecular weight excluding hydrogens is 300 g/mol. The van der Waals surface area contributed by atoms with E-state index in [9.17, 15) is 8.78 Å². The largest absolute Gasteiger partial charge is 0.380 e. The first-order valence-electron chi connectivity index (χ1n) is 5.52. The zero-order chi connectivity index (χ0) is 13.0. The SMILES string of the molecule is FC(F)c1ccc(CNc2ccccc2Br)cc1. The first-order valence-corrected chi connectivity index (χ1v) is 6.31. The molecule has 0 amide bonds. The molecule has 0 atom stereocenters. The lowest BCUT2D eigenvalue weighted by molar-refractivity contribution is 0.151. The molecule has 0 aliphatic carbocycles. The highest BCUT2D eigenvalue weighted by molar-refractivity contribution is 9.10. The lowest BCUT2D eigenvalue weighted by Crippen LogP contribution is -2.00. The van der Waals surface area contributed by atoms with Gasteiger partial charge in [0.25, 0.3) is 6.43 Å². The molecule has 0 aliphatic rings. The van der Waals surface area contributed by atoms with Gasteiger partial charge in [-0.25, -0.2) is 8.78 Å². The van der Waals surface area contributed by atoms with Crippen molar-refractivity contribution in [2.24, 2.45) is 0 Å². The molecule has 0 fully saturated rings. The van der Waals surface area contributed by atoms with Gasteiger partial charge in [-0.15, -0.1) is 0 Å². The summed E-state index contributed by atoms with van der Waals surface area (Å²) in [6, 6.07) is 14.1. The molecule has 2 aromatic rings. The van der Waals surface area contributed by atoms with Gasteiger partial charge < -0.3 is 5.32 Å². The minimum absolute atomic E-state index is 0.0552. The predicted octanol–water partition coefficient (Wildman–Crippen LogP) is 5.00. The second-order valence-electron chi connectivity index (χ2n) is 3.88. The van der Waals surface area contributed by atoms with E-state index in [0.29, 0.717) is 6.54 Å². The van der Waals surface area contributed by atoms with Crippen molar-refractivity contribution in [2.75, 3.05) is 5.32 Å². The first kappa shape index (κ1) is 13.0. The van der Waals surface area contributed by atoms with Crippen molar-refractivity contribution in [3.63, 3.8) is 0 Å². The molecule has 0 bridgehead atoms. The Labute approximate surface area is 113 Å². The molecule has 0 unspecified atom stereocenters. The average molecular weight is 312 g/mol. The summed E-state index contributed by atoms with van der Waals surface area (Å²) >= 11 is 3.44. The standard InChI is InChI=1S/C14H12BrF2N/c15-12-3-1-2-4-13(12)18-9-10-5-7-11(8-6-10)14(16)17/h1-8,14,18H,9H2. The molecule has 0 saturated carbocycles. The van der Waals surface area contributed by atoms with E-state index < -0.39 is 6.43 Å². The molecule has 0 heterocycles. The lowest BCUT2D eigenvalue weighted by Gasteiger charge is -2.09. The fourth-order valence-corrected chi connectivity index (χ4v) is 2.01. The number of alkyl halides is 2. The third-order valence-corrected chi connectivity index (χ3v) is 3.28. The molecule has 0 spiro atoms. The molecule has 2 aromatic carbocycles. The van der Waals surface area contributed by atoms with E-state index in [1.54, 1.807) is 12.1 Å². The molecule has 0 saturated heterocycles. The van der Waals surface area contributed by atoms with Crippen LogP contribution in [0.2, 0.25) is 0 Å². The van der Waals surface area contributed by atoms with Gasteiger partial charge in [-0.1, -0.05) is 36.4 Å². The van der Waals surface area contributed by atoms with E-state index in [1.807, 2.05) is 24.3 Å². The van der Waals surface area contributed by atoms with Crippen LogP contribution in [0.15, 0.2) is 53.0 Å². The van der Waals surface area contributed by atoms with Gasteiger partial charge in [0.1, 0.15) is 0 Å². The number of benzene rings is 2. The first-order chi connectivity index (χ1) is 8.66. The summed E-state index contributed by atoms with van der Waals surface area (Å²) < 4.78 is 25.7. The van der Waals surface area contributed by atoms with Crippen LogP contribution in [0.4, 0.5) is 14.5 Å². The second kappa shape index (κ2) is 5.96. The van der Waals surface area contributed by atoms with Crippen LogP contribution in [0.1, 0.15) is 17.6 Å². The van der Waals surface area contributed by atoms with Crippen molar-refractivity contribution in [3.8, 4) is 0 Å². The summed E-state index contributed by atoms with van der Waals surface area (Å²) in [4.78, 5) is 0. The van der Waals surface area contributed by atoms with Crippen LogP contribution < -0.4 is 5.32 Å². The summed E-state index contributed by atoms with van der Waals surface area (Å²) in [5.41, 5.74) is 2.00. The number of anilines is 1. The van der Waals surface area contributed by atoms with Crippen LogP contribution in [-0.2, 0) is 6.54 Å². The summed E-state index contributed by atoms with van der Waals surface area (Å²) in [7, 11) is 0. The summed E-state index contributed by atoms with van der Waals surface area (Å²) in [5, 5.41) is 3.24. The molecule has 2 rings (SSSR count). The van der Waals surface area contributed by atoms with Crippen molar-refractivity contribution in [1.82, 2.24) is 0 Å². The number of rotatable bonds is 4. The van der Waals surface area contributed by atoms with Gasteiger partial charge in [0.15, 0.2) is 0 Å². The highest BCUT2D eigenvalue weighted by Crippen LogP contribution is 2.22. The quantitative estimate of drug-likeness (QED) is 0.838. The van der Waals surface area contributed by atoms with Gasteiger partial charge in [-0.05, 0) is 33.6 Å². The smallest absolute Gasteiger partial charge is 0.263 e. The van der Waals surface area contributed by atoms with E-state index in [0.717, 1.165) is 15.7 Å². The fourth-order valence-electron chi connectivity index (χ4n) is 1.58. The third kappa shape index (κ3) is 3.29. The van der Waals surface area contributed by atoms with Crippen LogP contribution in [-0.4, -0.2) is 0 Å². The summed E-state index contributed by atoms with van der Waals surface area (Å²) in [6.45, 7) is 0.603. The fraction of sp³-hybridized carbons (Fsp3) is 0.143. The number of halogens is 3. The van der Waals surface area contributed by atoms with Gasteiger partial charge in [0.2, 0.25) is 0 Å². The van der Waals surface area contributed by atoms with E-state index in [1.165, 1.54) is 12.1 Å². The Morgan fingerprint density at radius 3 is 2.28 bits per heavy atom. The molecule has 0 aliphatic heterocycles. The van der Waals surface area contributed by atoms with E-state index >= 15 is 0 Å². The molecule has 1 nitrogen and oxygen atoms in total. The van der Waals surface area contributed by atoms with E-state index in [4.69, 9.17) is 0 Å². The highest BCUT2D eigenvalue weighted by Gasteiger charge is 2.05. The minimum Gasteiger partial charge on any atom is -0.380 e. The number of hydrogen-bond acceptors (Lipinski definition) is 1. The Balaban J connectivity index is 2.00. The van der Waals surface area contributed by atoms with Crippen molar-refractivity contribution >= 4 is 21.6 Å². The Morgan fingerprint density at radius 2 is 1.67 bits per heavy atom. The van der Waals surface area contributed by atoms with Gasteiger partial charge in [0, 0.05) is 22.3 Å². The summed E-state index contributed by atoms with van der Waals surface area (Å²) in [6.07, 6.45) is -2.41. The minimum atomic E-state index is -2.41. The zero-order valence-corrected chi connectivity index (χ0v) is 11.1. The topological polar surface area (TPSA) is 12.0 Å². The summed E-state index contributed by atoms with van der Waals surface area (Å²) in [5.74, 6) is 0. The molecular formula is C14H12BrF2N. The normalized spacial score (nSPS) is 10.7. The van der Waals surface area contributed by atoms with Gasteiger partial charge in [-0.2, -0.15) is 0 Å². The second-order valence-corrected chi connectivity index (χ2v) is 4.73. The van der Waals surface area contributed by atoms with Crippen LogP contribution in [0.3, 0.4) is 0 Å². The zero-order valence-electron chi connectivity index (χ0n) is 9.54. The molecule has 0 aromatic heterocycles. The van der Waals surface area contributed by atoms with Crippen LogP contribution in [0, 0.1) is 0 Å². The maximum absolute atomic E-state index is 12.4. The van der Waals surface area contributed by atoms with Crippen molar-refractivity contribution < 1.29 is 8.78 Å². The maximum atomic E-state index is 12.4. The molecule has 0 radical (unpaired) electrons. The molecule has 1 N–H and O–H groups in total. The predicted molar refractivity (Wildman–Crippen MR) is 72.9 cm³/mol. The van der Waals surface area contributed by atoms with Crippen LogP contribution in [0.5, 0.6) is 0 Å². The molecule has 94 valence electrons. The monoisotopic (exact) mass is 311 g/mol. The van der Waals surface area contributed by atoms with Crippen molar-refractivity contribution in [2.45, 2.75) is 13.0 Å². The Hall–Kier alpha value is -1.42. The third-order valence-electron chi connectivity index (χ3n) is 2.59. The Morgan fingerprint density at radius 1 is 1.00 bits per heavy atom. The van der Waals surface area contributed by atoms with E-state index in [-0.39, 0.29) is 5.56 Å². The van der Waals surface area contributed by atoms with Crippen molar-refractivity contribution in [1.29, 1.82) is 0 Å². The van der Waals surface area contributed by atoms with Gasteiger partial charge in [0.05, 0.1) is 0 Å². The van der Waals surface area contributed by atoms with Crippen LogP contribution in [0.25, 0.3) is 0 Å². The molecule has 18 heavy (non-hydrogen) atoms. The molecule has 4 heteroatoms. The van der Waals surface area contributed by atoms with Gasteiger partial charge >= 0.3 is 0 Å². The van der Waals surface area contributed by atoms with Gasteiger partial charge in [-0.3, -0.25) is 0 Å². The van der Waals surface area contributed by atoms with Crippen molar-refractivity contribution in [3.05, 3.63) is 64.1 Å². The van der Waals surface area contributed by atoms with E-state index in [2.05, 4.69) is 21.2 Å². The Bertz CT molecular complexity index is 511. The van der Waals surface area contributed by atoms with Crippen LogP contribution >= 0.6 is 15.9 Å². The highest BCUT2D eigenvalue weighted by atomic mass is 79.9. The average Bonchev–Trinajstić information content (AvgIpc) is 2.38. The Kier molecular flexibility index (Phi) is 4.31. The number of hydrogen-bond donors (Lipinski definition) is 1. The number of nitrogens with one attached hydrogen (secondary N) is 1. The number of para-hydroxylation sites is 1.